The van der Waals surface area contributed by atoms with Crippen molar-refractivity contribution in [3.63, 3.8) is 0 Å². The van der Waals surface area contributed by atoms with Crippen molar-refractivity contribution in [3.05, 3.63) is 65.7 Å². The van der Waals surface area contributed by atoms with Gasteiger partial charge in [0.2, 0.25) is 11.9 Å². The Kier molecular flexibility index (Phi) is 5.88. The van der Waals surface area contributed by atoms with Gasteiger partial charge in [-0.1, -0.05) is 54.2 Å². The van der Waals surface area contributed by atoms with E-state index in [4.69, 9.17) is 5.73 Å². The molecule has 28 heavy (non-hydrogen) atoms. The van der Waals surface area contributed by atoms with Crippen molar-refractivity contribution >= 4 is 29.3 Å². The van der Waals surface area contributed by atoms with Gasteiger partial charge < -0.3 is 11.1 Å². The Hall–Kier alpha value is -3.01. The van der Waals surface area contributed by atoms with Gasteiger partial charge in [-0.05, 0) is 17.7 Å². The molecule has 1 amide bonds. The molecule has 2 aromatic carbocycles. The standard InChI is InChI=1S/C18H16F3N5OS/c19-18(20,21)13-8-4-5-9-14(13)23-15(27)10-26-16(22)24-25-17(26)28-11-12-6-2-1-3-7-12/h1-9H,10-11H2,(H2,22,24)(H,23,27). The Morgan fingerprint density at radius 2 is 1.75 bits per heavy atom. The molecule has 0 unspecified atom stereocenters. The zero-order valence-electron chi connectivity index (χ0n) is 14.5. The van der Waals surface area contributed by atoms with E-state index >= 15 is 0 Å². The molecule has 1 aromatic heterocycles. The Bertz CT molecular complexity index is 959. The Morgan fingerprint density at radius 1 is 1.07 bits per heavy atom. The molecule has 6 nitrogen and oxygen atoms in total. The van der Waals surface area contributed by atoms with Crippen LogP contribution in [-0.4, -0.2) is 20.7 Å². The molecule has 0 spiro atoms. The van der Waals surface area contributed by atoms with Crippen LogP contribution in [0.3, 0.4) is 0 Å². The molecule has 0 saturated heterocycles. The number of anilines is 2. The van der Waals surface area contributed by atoms with Gasteiger partial charge in [-0.3, -0.25) is 9.36 Å². The summed E-state index contributed by atoms with van der Waals surface area (Å²) in [4.78, 5) is 12.3. The molecule has 0 saturated carbocycles. The number of alkyl halides is 3. The first kappa shape index (κ1) is 19.7. The predicted molar refractivity (Wildman–Crippen MR) is 101 cm³/mol. The molecular weight excluding hydrogens is 391 g/mol. The molecule has 0 radical (unpaired) electrons. The lowest BCUT2D eigenvalue weighted by molar-refractivity contribution is -0.137. The average molecular weight is 407 g/mol. The third-order valence-corrected chi connectivity index (χ3v) is 4.80. The zero-order chi connectivity index (χ0) is 20.1. The van der Waals surface area contributed by atoms with Crippen molar-refractivity contribution in [1.82, 2.24) is 14.8 Å². The number of hydrogen-bond acceptors (Lipinski definition) is 5. The number of nitrogens with zero attached hydrogens (tertiary/aromatic N) is 3. The average Bonchev–Trinajstić information content (AvgIpc) is 3.00. The fraction of sp³-hybridized carbons (Fsp3) is 0.167. The number of nitrogen functional groups attached to an aromatic ring is 1. The highest BCUT2D eigenvalue weighted by molar-refractivity contribution is 7.98. The molecule has 0 aliphatic heterocycles. The van der Waals surface area contributed by atoms with Crippen LogP contribution in [0.4, 0.5) is 24.8 Å². The lowest BCUT2D eigenvalue weighted by Gasteiger charge is -2.14. The van der Waals surface area contributed by atoms with Crippen LogP contribution in [0, 0.1) is 0 Å². The molecule has 1 heterocycles. The number of para-hydroxylation sites is 1. The maximum absolute atomic E-state index is 13.1. The fourth-order valence-corrected chi connectivity index (χ4v) is 3.35. The van der Waals surface area contributed by atoms with Crippen LogP contribution in [0.25, 0.3) is 0 Å². The molecule has 0 aliphatic carbocycles. The van der Waals surface area contributed by atoms with Crippen LogP contribution in [0.5, 0.6) is 0 Å². The number of carbonyl (C=O) groups excluding carboxylic acids is 1. The van der Waals surface area contributed by atoms with Crippen LogP contribution in [0.2, 0.25) is 0 Å². The first-order valence-electron chi connectivity index (χ1n) is 8.16. The summed E-state index contributed by atoms with van der Waals surface area (Å²) in [5.41, 5.74) is 5.58. The number of rotatable bonds is 6. The van der Waals surface area contributed by atoms with Crippen molar-refractivity contribution in [2.24, 2.45) is 0 Å². The van der Waals surface area contributed by atoms with Crippen molar-refractivity contribution in [3.8, 4) is 0 Å². The van der Waals surface area contributed by atoms with Crippen molar-refractivity contribution in [1.29, 1.82) is 0 Å². The first-order valence-corrected chi connectivity index (χ1v) is 9.14. The third kappa shape index (κ3) is 4.83. The summed E-state index contributed by atoms with van der Waals surface area (Å²) >= 11 is 1.33. The van der Waals surface area contributed by atoms with Gasteiger partial charge in [-0.25, -0.2) is 0 Å². The van der Waals surface area contributed by atoms with E-state index in [0.29, 0.717) is 10.9 Å². The predicted octanol–water partition coefficient (Wildman–Crippen LogP) is 3.81. The minimum Gasteiger partial charge on any atom is -0.368 e. The molecule has 3 N–H and O–H groups in total. The molecule has 0 fully saturated rings. The topological polar surface area (TPSA) is 85.8 Å². The third-order valence-electron chi connectivity index (χ3n) is 3.76. The molecule has 146 valence electrons. The van der Waals surface area contributed by atoms with E-state index in [2.05, 4.69) is 15.5 Å². The number of carbonyl (C=O) groups is 1. The first-order chi connectivity index (χ1) is 13.3. The maximum Gasteiger partial charge on any atom is 0.418 e. The number of nitrogens with two attached hydrogens (primary N) is 1. The largest absolute Gasteiger partial charge is 0.418 e. The molecule has 3 aromatic rings. The second kappa shape index (κ2) is 8.34. The monoisotopic (exact) mass is 407 g/mol. The van der Waals surface area contributed by atoms with Crippen LogP contribution < -0.4 is 11.1 Å². The van der Waals surface area contributed by atoms with Crippen LogP contribution in [0.15, 0.2) is 59.8 Å². The van der Waals surface area contributed by atoms with Gasteiger partial charge in [0.15, 0.2) is 5.16 Å². The maximum atomic E-state index is 13.1. The number of hydrogen-bond donors (Lipinski definition) is 2. The lowest BCUT2D eigenvalue weighted by Crippen LogP contribution is -2.22. The highest BCUT2D eigenvalue weighted by Gasteiger charge is 2.33. The van der Waals surface area contributed by atoms with E-state index in [1.54, 1.807) is 0 Å². The highest BCUT2D eigenvalue weighted by atomic mass is 32.2. The van der Waals surface area contributed by atoms with Crippen molar-refractivity contribution < 1.29 is 18.0 Å². The normalized spacial score (nSPS) is 11.4. The van der Waals surface area contributed by atoms with Crippen molar-refractivity contribution in [2.75, 3.05) is 11.1 Å². The summed E-state index contributed by atoms with van der Waals surface area (Å²) < 4.78 is 40.6. The van der Waals surface area contributed by atoms with Crippen LogP contribution in [0.1, 0.15) is 11.1 Å². The molecular formula is C18H16F3N5OS. The minimum absolute atomic E-state index is 0.00909. The summed E-state index contributed by atoms with van der Waals surface area (Å²) in [6, 6.07) is 14.4. The summed E-state index contributed by atoms with van der Waals surface area (Å²) in [5, 5.41) is 10.4. The Morgan fingerprint density at radius 3 is 2.46 bits per heavy atom. The highest BCUT2D eigenvalue weighted by Crippen LogP contribution is 2.34. The summed E-state index contributed by atoms with van der Waals surface area (Å²) in [6.45, 7) is -0.303. The SMILES string of the molecule is Nc1nnc(SCc2ccccc2)n1CC(=O)Nc1ccccc1C(F)(F)F. The minimum atomic E-state index is -4.57. The van der Waals surface area contributed by atoms with Gasteiger partial charge in [0.1, 0.15) is 6.54 Å². The van der Waals surface area contributed by atoms with Crippen LogP contribution in [-0.2, 0) is 23.3 Å². The molecule has 10 heteroatoms. The van der Waals surface area contributed by atoms with Gasteiger partial charge in [-0.2, -0.15) is 13.2 Å². The molecule has 0 atom stereocenters. The smallest absolute Gasteiger partial charge is 0.368 e. The van der Waals surface area contributed by atoms with E-state index in [1.165, 1.54) is 34.5 Å². The van der Waals surface area contributed by atoms with E-state index < -0.39 is 17.6 Å². The number of halogens is 3. The molecule has 0 bridgehead atoms. The second-order valence-corrected chi connectivity index (χ2v) is 6.74. The number of amides is 1. The van der Waals surface area contributed by atoms with E-state index in [0.717, 1.165) is 11.6 Å². The fourth-order valence-electron chi connectivity index (χ4n) is 2.45. The lowest BCUT2D eigenvalue weighted by atomic mass is 10.1. The molecule has 0 aliphatic rings. The van der Waals surface area contributed by atoms with Gasteiger partial charge in [-0.15, -0.1) is 10.2 Å². The van der Waals surface area contributed by atoms with Gasteiger partial charge >= 0.3 is 6.18 Å². The number of thioether (sulfide) groups is 1. The van der Waals surface area contributed by atoms with E-state index in [9.17, 15) is 18.0 Å². The van der Waals surface area contributed by atoms with Crippen molar-refractivity contribution in [2.45, 2.75) is 23.6 Å². The quantitative estimate of drug-likeness (QED) is 0.607. The molecule has 3 rings (SSSR count). The Balaban J connectivity index is 1.71. The van der Waals surface area contributed by atoms with Gasteiger partial charge in [0.25, 0.3) is 0 Å². The van der Waals surface area contributed by atoms with Crippen LogP contribution >= 0.6 is 11.8 Å². The number of benzene rings is 2. The van der Waals surface area contributed by atoms with E-state index in [1.807, 2.05) is 30.3 Å². The zero-order valence-corrected chi connectivity index (χ0v) is 15.3. The van der Waals surface area contributed by atoms with Gasteiger partial charge in [0, 0.05) is 5.75 Å². The number of aromatic nitrogens is 3. The van der Waals surface area contributed by atoms with E-state index in [-0.39, 0.29) is 18.2 Å². The summed E-state index contributed by atoms with van der Waals surface area (Å²) in [7, 11) is 0. The summed E-state index contributed by atoms with van der Waals surface area (Å²) in [6.07, 6.45) is -4.57. The number of nitrogens with one attached hydrogen (secondary N) is 1. The summed E-state index contributed by atoms with van der Waals surface area (Å²) in [5.74, 6) is -0.0723. The Labute approximate surface area is 163 Å². The second-order valence-electron chi connectivity index (χ2n) is 5.79. The van der Waals surface area contributed by atoms with Gasteiger partial charge in [0.05, 0.1) is 11.3 Å².